The minimum atomic E-state index is -0.726. The first kappa shape index (κ1) is 13.1. The number of aliphatic carboxylic acids is 1. The molecular weight excluding hydrogens is 226 g/mol. The molecule has 0 bridgehead atoms. The van der Waals surface area contributed by atoms with Crippen LogP contribution in [0.25, 0.3) is 0 Å². The van der Waals surface area contributed by atoms with Crippen LogP contribution in [0.1, 0.15) is 43.2 Å². The fourth-order valence-corrected chi connectivity index (χ4v) is 2.55. The maximum Gasteiger partial charge on any atom is 0.320 e. The molecule has 0 spiro atoms. The number of carboxylic acid groups (broad SMARTS) is 1. The highest BCUT2D eigenvalue weighted by Gasteiger charge is 2.26. The Morgan fingerprint density at radius 2 is 2.28 bits per heavy atom. The van der Waals surface area contributed by atoms with Gasteiger partial charge in [0.2, 0.25) is 0 Å². The van der Waals surface area contributed by atoms with Crippen molar-refractivity contribution in [2.45, 2.75) is 44.6 Å². The van der Waals surface area contributed by atoms with Crippen molar-refractivity contribution in [1.82, 2.24) is 5.32 Å². The van der Waals surface area contributed by atoms with Crippen LogP contribution in [0, 0.1) is 0 Å². The van der Waals surface area contributed by atoms with E-state index in [2.05, 4.69) is 36.5 Å². The van der Waals surface area contributed by atoms with Crippen molar-refractivity contribution in [3.8, 4) is 0 Å². The van der Waals surface area contributed by atoms with E-state index in [1.807, 2.05) is 0 Å². The summed E-state index contributed by atoms with van der Waals surface area (Å²) < 4.78 is 0. The lowest BCUT2D eigenvalue weighted by Crippen LogP contribution is -2.40. The van der Waals surface area contributed by atoms with Crippen molar-refractivity contribution in [1.29, 1.82) is 0 Å². The summed E-state index contributed by atoms with van der Waals surface area (Å²) in [5.74, 6) is -0.235. The predicted molar refractivity (Wildman–Crippen MR) is 71.8 cm³/mol. The van der Waals surface area contributed by atoms with Crippen molar-refractivity contribution < 1.29 is 9.90 Å². The number of carboxylic acids is 1. The van der Waals surface area contributed by atoms with Gasteiger partial charge in [-0.15, -0.1) is 0 Å². The van der Waals surface area contributed by atoms with Crippen LogP contribution < -0.4 is 5.32 Å². The standard InChI is InChI=1S/C15H21NO2/c1-2-3-8-14(15(17)18)16-10-12-9-11-6-4-5-7-13(11)12/h4-7,12,14,16H,2-3,8-10H2,1H3,(H,17,18). The van der Waals surface area contributed by atoms with Gasteiger partial charge in [0.1, 0.15) is 6.04 Å². The summed E-state index contributed by atoms with van der Waals surface area (Å²) in [5.41, 5.74) is 2.79. The average molecular weight is 247 g/mol. The molecule has 2 unspecified atom stereocenters. The normalized spacial score (nSPS) is 18.8. The minimum Gasteiger partial charge on any atom is -0.480 e. The molecule has 1 aliphatic rings. The second-order valence-corrected chi connectivity index (χ2v) is 5.04. The Balaban J connectivity index is 1.83. The topological polar surface area (TPSA) is 49.3 Å². The molecule has 0 saturated carbocycles. The maximum atomic E-state index is 11.1. The van der Waals surface area contributed by atoms with Gasteiger partial charge in [-0.3, -0.25) is 4.79 Å². The van der Waals surface area contributed by atoms with E-state index in [1.54, 1.807) is 0 Å². The van der Waals surface area contributed by atoms with Gasteiger partial charge in [0.25, 0.3) is 0 Å². The van der Waals surface area contributed by atoms with Crippen LogP contribution in [0.4, 0.5) is 0 Å². The maximum absolute atomic E-state index is 11.1. The summed E-state index contributed by atoms with van der Waals surface area (Å²) in [6.45, 7) is 2.86. The molecule has 0 aliphatic heterocycles. The van der Waals surface area contributed by atoms with E-state index < -0.39 is 12.0 Å². The number of fused-ring (bicyclic) bond motifs is 1. The largest absolute Gasteiger partial charge is 0.480 e. The fourth-order valence-electron chi connectivity index (χ4n) is 2.55. The highest BCUT2D eigenvalue weighted by Crippen LogP contribution is 2.34. The van der Waals surface area contributed by atoms with Gasteiger partial charge in [0.05, 0.1) is 0 Å². The van der Waals surface area contributed by atoms with Crippen LogP contribution in [0.3, 0.4) is 0 Å². The second-order valence-electron chi connectivity index (χ2n) is 5.04. The molecule has 0 aromatic heterocycles. The Kier molecular flexibility index (Phi) is 4.37. The first-order valence-corrected chi connectivity index (χ1v) is 6.76. The van der Waals surface area contributed by atoms with E-state index in [1.165, 1.54) is 11.1 Å². The van der Waals surface area contributed by atoms with Gasteiger partial charge >= 0.3 is 5.97 Å². The van der Waals surface area contributed by atoms with Gasteiger partial charge in [0.15, 0.2) is 0 Å². The Bertz CT molecular complexity index is 417. The lowest BCUT2D eigenvalue weighted by atomic mass is 9.77. The smallest absolute Gasteiger partial charge is 0.320 e. The first-order valence-electron chi connectivity index (χ1n) is 6.76. The van der Waals surface area contributed by atoms with Crippen LogP contribution in [-0.4, -0.2) is 23.7 Å². The summed E-state index contributed by atoms with van der Waals surface area (Å²) >= 11 is 0. The molecule has 0 fully saturated rings. The van der Waals surface area contributed by atoms with Gasteiger partial charge in [-0.2, -0.15) is 0 Å². The van der Waals surface area contributed by atoms with Crippen molar-refractivity contribution in [2.24, 2.45) is 0 Å². The number of nitrogens with one attached hydrogen (secondary N) is 1. The first-order chi connectivity index (χ1) is 8.72. The van der Waals surface area contributed by atoms with Gasteiger partial charge in [-0.05, 0) is 24.0 Å². The van der Waals surface area contributed by atoms with Gasteiger partial charge in [-0.25, -0.2) is 0 Å². The molecule has 1 aromatic carbocycles. The van der Waals surface area contributed by atoms with Gasteiger partial charge in [0, 0.05) is 12.5 Å². The zero-order valence-electron chi connectivity index (χ0n) is 10.9. The molecule has 0 heterocycles. The summed E-state index contributed by atoms with van der Waals surface area (Å²) in [6, 6.07) is 8.02. The number of unbranched alkanes of at least 4 members (excludes halogenated alkanes) is 1. The molecule has 1 aromatic rings. The number of carbonyl (C=O) groups is 1. The average Bonchev–Trinajstić information content (AvgIpc) is 2.33. The van der Waals surface area contributed by atoms with Crippen molar-refractivity contribution in [3.63, 3.8) is 0 Å². The lowest BCUT2D eigenvalue weighted by Gasteiger charge is -2.31. The third-order valence-corrected chi connectivity index (χ3v) is 3.72. The number of hydrogen-bond acceptors (Lipinski definition) is 2. The third kappa shape index (κ3) is 2.91. The summed E-state index contributed by atoms with van der Waals surface area (Å²) in [4.78, 5) is 11.1. The van der Waals surface area contributed by atoms with E-state index in [0.717, 1.165) is 32.2 Å². The SMILES string of the molecule is CCCCC(NCC1Cc2ccccc21)C(=O)O. The van der Waals surface area contributed by atoms with E-state index in [9.17, 15) is 4.79 Å². The molecule has 3 heteroatoms. The highest BCUT2D eigenvalue weighted by molar-refractivity contribution is 5.73. The Morgan fingerprint density at radius 1 is 1.50 bits per heavy atom. The van der Waals surface area contributed by atoms with Crippen LogP contribution >= 0.6 is 0 Å². The molecule has 0 radical (unpaired) electrons. The van der Waals surface area contributed by atoms with Crippen molar-refractivity contribution in [3.05, 3.63) is 35.4 Å². The zero-order valence-corrected chi connectivity index (χ0v) is 10.9. The summed E-state index contributed by atoms with van der Waals surface area (Å²) in [6.07, 6.45) is 3.80. The molecule has 18 heavy (non-hydrogen) atoms. The predicted octanol–water partition coefficient (Wildman–Crippen LogP) is 2.56. The quantitative estimate of drug-likeness (QED) is 0.778. The van der Waals surface area contributed by atoms with E-state index in [4.69, 9.17) is 5.11 Å². The van der Waals surface area contributed by atoms with Crippen LogP contribution in [-0.2, 0) is 11.2 Å². The van der Waals surface area contributed by atoms with Gasteiger partial charge in [-0.1, -0.05) is 44.0 Å². The monoisotopic (exact) mass is 247 g/mol. The van der Waals surface area contributed by atoms with Crippen LogP contribution in [0.15, 0.2) is 24.3 Å². The molecule has 0 amide bonds. The molecule has 3 nitrogen and oxygen atoms in total. The molecule has 2 rings (SSSR count). The number of benzene rings is 1. The van der Waals surface area contributed by atoms with Gasteiger partial charge < -0.3 is 10.4 Å². The highest BCUT2D eigenvalue weighted by atomic mass is 16.4. The van der Waals surface area contributed by atoms with Crippen LogP contribution in [0.5, 0.6) is 0 Å². The third-order valence-electron chi connectivity index (χ3n) is 3.72. The zero-order chi connectivity index (χ0) is 13.0. The lowest BCUT2D eigenvalue weighted by molar-refractivity contribution is -0.139. The minimum absolute atomic E-state index is 0.391. The molecule has 2 N–H and O–H groups in total. The Labute approximate surface area is 108 Å². The fraction of sp³-hybridized carbons (Fsp3) is 0.533. The van der Waals surface area contributed by atoms with E-state index in [0.29, 0.717) is 5.92 Å². The molecule has 2 atom stereocenters. The van der Waals surface area contributed by atoms with Crippen molar-refractivity contribution in [2.75, 3.05) is 6.54 Å². The number of hydrogen-bond donors (Lipinski definition) is 2. The van der Waals surface area contributed by atoms with Crippen molar-refractivity contribution >= 4 is 5.97 Å². The van der Waals surface area contributed by atoms with E-state index in [-0.39, 0.29) is 0 Å². The Morgan fingerprint density at radius 3 is 2.94 bits per heavy atom. The second kappa shape index (κ2) is 6.01. The summed E-state index contributed by atoms with van der Waals surface area (Å²) in [7, 11) is 0. The molecule has 0 saturated heterocycles. The molecule has 98 valence electrons. The Hall–Kier alpha value is -1.35. The molecule has 1 aliphatic carbocycles. The molecular formula is C15H21NO2. The number of rotatable bonds is 7. The van der Waals surface area contributed by atoms with Crippen LogP contribution in [0.2, 0.25) is 0 Å². The summed E-state index contributed by atoms with van der Waals surface area (Å²) in [5, 5.41) is 12.3. The van der Waals surface area contributed by atoms with E-state index >= 15 is 0 Å².